The Morgan fingerprint density at radius 1 is 1.04 bits per heavy atom. The monoisotopic (exact) mass is 336 g/mol. The highest BCUT2D eigenvalue weighted by Gasteiger charge is 2.52. The zero-order valence-corrected chi connectivity index (χ0v) is 14.3. The molecule has 130 valence electrons. The van der Waals surface area contributed by atoms with E-state index < -0.39 is 0 Å². The molecule has 4 nitrogen and oxygen atoms in total. The number of nitrogens with two attached hydrogens (primary N) is 1. The minimum Gasteiger partial charge on any atom is -0.445 e. The van der Waals surface area contributed by atoms with Crippen molar-refractivity contribution in [3.8, 4) is 0 Å². The molecule has 0 spiro atoms. The van der Waals surface area contributed by atoms with Crippen LogP contribution in [0.15, 0.2) is 60.7 Å². The molecule has 4 heteroatoms. The summed E-state index contributed by atoms with van der Waals surface area (Å²) < 4.78 is 5.65. The number of carbonyl (C=O) groups is 1. The average molecular weight is 336 g/mol. The summed E-state index contributed by atoms with van der Waals surface area (Å²) in [5.74, 6) is 0.370. The van der Waals surface area contributed by atoms with Gasteiger partial charge in [0.25, 0.3) is 0 Å². The van der Waals surface area contributed by atoms with E-state index >= 15 is 0 Å². The number of amides is 1. The number of fused-ring (bicyclic) bond motifs is 1. The Kier molecular flexibility index (Phi) is 4.45. The Morgan fingerprint density at radius 2 is 1.72 bits per heavy atom. The number of nitrogens with zero attached hydrogens (tertiary/aromatic N) is 1. The smallest absolute Gasteiger partial charge is 0.410 e. The molecule has 2 N–H and O–H groups in total. The van der Waals surface area contributed by atoms with Crippen LogP contribution in [0.1, 0.15) is 36.4 Å². The zero-order chi connectivity index (χ0) is 17.2. The normalized spacial score (nSPS) is 28.0. The molecule has 2 fully saturated rings. The van der Waals surface area contributed by atoms with Crippen molar-refractivity contribution >= 4 is 6.09 Å². The molecule has 2 aromatic carbocycles. The van der Waals surface area contributed by atoms with Crippen LogP contribution in [0.2, 0.25) is 0 Å². The van der Waals surface area contributed by atoms with Crippen LogP contribution in [0, 0.1) is 5.92 Å². The second-order valence-electron chi connectivity index (χ2n) is 7.04. The number of benzene rings is 2. The minimum atomic E-state index is -0.248. The molecule has 4 rings (SSSR count). The minimum absolute atomic E-state index is 0.0285. The molecule has 1 aliphatic carbocycles. The van der Waals surface area contributed by atoms with Gasteiger partial charge in [0.15, 0.2) is 0 Å². The highest BCUT2D eigenvalue weighted by molar-refractivity contribution is 5.70. The quantitative estimate of drug-likeness (QED) is 0.925. The summed E-state index contributed by atoms with van der Waals surface area (Å²) in [6, 6.07) is 20.0. The molecule has 0 bridgehead atoms. The van der Waals surface area contributed by atoms with Gasteiger partial charge in [0.1, 0.15) is 6.61 Å². The molecule has 4 atom stereocenters. The van der Waals surface area contributed by atoms with Crippen molar-refractivity contribution in [1.82, 2.24) is 4.90 Å². The second kappa shape index (κ2) is 6.89. The lowest BCUT2D eigenvalue weighted by molar-refractivity contribution is 0.0759. The van der Waals surface area contributed by atoms with Crippen LogP contribution in [0.4, 0.5) is 4.79 Å². The van der Waals surface area contributed by atoms with Gasteiger partial charge in [-0.15, -0.1) is 0 Å². The van der Waals surface area contributed by atoms with Gasteiger partial charge in [0, 0.05) is 12.1 Å². The molecule has 0 aromatic heterocycles. The molecule has 4 unspecified atom stereocenters. The second-order valence-corrected chi connectivity index (χ2v) is 7.04. The molecule has 2 aromatic rings. The van der Waals surface area contributed by atoms with E-state index in [9.17, 15) is 4.79 Å². The summed E-state index contributed by atoms with van der Waals surface area (Å²) in [4.78, 5) is 14.9. The standard InChI is InChI=1S/C21H24N2O2/c22-19-17-12-7-13-18(17)23(20(19)16-10-5-2-6-11-16)21(24)25-14-15-8-3-1-4-9-15/h1-6,8-11,17-20H,7,12-14,22H2. The van der Waals surface area contributed by atoms with E-state index in [0.717, 1.165) is 30.4 Å². The zero-order valence-electron chi connectivity index (χ0n) is 14.3. The van der Waals surface area contributed by atoms with Crippen LogP contribution in [0.25, 0.3) is 0 Å². The maximum atomic E-state index is 12.9. The lowest BCUT2D eigenvalue weighted by Crippen LogP contribution is -2.39. The van der Waals surface area contributed by atoms with Crippen LogP contribution in [-0.2, 0) is 11.3 Å². The first-order valence-electron chi connectivity index (χ1n) is 9.05. The Labute approximate surface area is 148 Å². The predicted octanol–water partition coefficient (Wildman–Crippen LogP) is 3.88. The number of hydrogen-bond acceptors (Lipinski definition) is 3. The molecule has 1 saturated heterocycles. The number of likely N-dealkylation sites (tertiary alicyclic amines) is 1. The summed E-state index contributed by atoms with van der Waals surface area (Å²) in [5.41, 5.74) is 8.68. The third kappa shape index (κ3) is 3.02. The van der Waals surface area contributed by atoms with E-state index in [4.69, 9.17) is 10.5 Å². The van der Waals surface area contributed by atoms with Crippen LogP contribution >= 0.6 is 0 Å². The highest BCUT2D eigenvalue weighted by atomic mass is 16.6. The molecular weight excluding hydrogens is 312 g/mol. The number of ether oxygens (including phenoxy) is 1. The van der Waals surface area contributed by atoms with Crippen LogP contribution in [-0.4, -0.2) is 23.1 Å². The molecule has 0 radical (unpaired) electrons. The Morgan fingerprint density at radius 3 is 2.44 bits per heavy atom. The van der Waals surface area contributed by atoms with Gasteiger partial charge in [-0.25, -0.2) is 4.79 Å². The van der Waals surface area contributed by atoms with Crippen molar-refractivity contribution in [2.75, 3.05) is 0 Å². The van der Waals surface area contributed by atoms with Gasteiger partial charge in [0.05, 0.1) is 6.04 Å². The predicted molar refractivity (Wildman–Crippen MR) is 96.8 cm³/mol. The lowest BCUT2D eigenvalue weighted by Gasteiger charge is -2.30. The van der Waals surface area contributed by atoms with E-state index in [1.165, 1.54) is 0 Å². The van der Waals surface area contributed by atoms with E-state index in [-0.39, 0.29) is 24.2 Å². The first-order valence-corrected chi connectivity index (χ1v) is 9.05. The molecule has 25 heavy (non-hydrogen) atoms. The van der Waals surface area contributed by atoms with Gasteiger partial charge in [-0.05, 0) is 29.9 Å². The maximum Gasteiger partial charge on any atom is 0.410 e. The fourth-order valence-electron chi connectivity index (χ4n) is 4.47. The van der Waals surface area contributed by atoms with Crippen molar-refractivity contribution in [2.24, 2.45) is 11.7 Å². The van der Waals surface area contributed by atoms with Crippen molar-refractivity contribution in [1.29, 1.82) is 0 Å². The number of hydrogen-bond donors (Lipinski definition) is 1. The van der Waals surface area contributed by atoms with E-state index in [1.807, 2.05) is 53.4 Å². The van der Waals surface area contributed by atoms with Gasteiger partial charge < -0.3 is 10.5 Å². The summed E-state index contributed by atoms with van der Waals surface area (Å²) in [6.45, 7) is 0.296. The average Bonchev–Trinajstić information content (AvgIpc) is 3.23. The Balaban J connectivity index is 1.56. The highest BCUT2D eigenvalue weighted by Crippen LogP contribution is 2.47. The van der Waals surface area contributed by atoms with Crippen LogP contribution in [0.5, 0.6) is 0 Å². The first-order chi connectivity index (χ1) is 12.3. The van der Waals surface area contributed by atoms with Gasteiger partial charge in [-0.1, -0.05) is 67.1 Å². The fraction of sp³-hybridized carbons (Fsp3) is 0.381. The van der Waals surface area contributed by atoms with Crippen molar-refractivity contribution in [3.63, 3.8) is 0 Å². The topological polar surface area (TPSA) is 55.6 Å². The molecule has 1 saturated carbocycles. The Hall–Kier alpha value is -2.33. The third-order valence-electron chi connectivity index (χ3n) is 5.60. The third-order valence-corrected chi connectivity index (χ3v) is 5.60. The summed E-state index contributed by atoms with van der Waals surface area (Å²) in [6.07, 6.45) is 3.00. The molecule has 1 aliphatic heterocycles. The summed E-state index contributed by atoms with van der Waals surface area (Å²) >= 11 is 0. The van der Waals surface area contributed by atoms with Crippen LogP contribution < -0.4 is 5.73 Å². The maximum absolute atomic E-state index is 12.9. The first kappa shape index (κ1) is 16.2. The van der Waals surface area contributed by atoms with Gasteiger partial charge in [-0.3, -0.25) is 4.90 Å². The summed E-state index contributed by atoms with van der Waals surface area (Å²) in [7, 11) is 0. The molecule has 2 aliphatic rings. The van der Waals surface area contributed by atoms with Crippen molar-refractivity contribution in [3.05, 3.63) is 71.8 Å². The molecule has 1 heterocycles. The summed E-state index contributed by atoms with van der Waals surface area (Å²) in [5, 5.41) is 0. The number of carbonyl (C=O) groups excluding carboxylic acids is 1. The SMILES string of the molecule is NC1C2CCCC2N(C(=O)OCc2ccccc2)C1c1ccccc1. The number of rotatable bonds is 3. The van der Waals surface area contributed by atoms with Crippen molar-refractivity contribution in [2.45, 2.75) is 44.0 Å². The van der Waals surface area contributed by atoms with E-state index in [0.29, 0.717) is 12.5 Å². The van der Waals surface area contributed by atoms with Crippen LogP contribution in [0.3, 0.4) is 0 Å². The van der Waals surface area contributed by atoms with Gasteiger partial charge in [-0.2, -0.15) is 0 Å². The van der Waals surface area contributed by atoms with E-state index in [2.05, 4.69) is 12.1 Å². The fourth-order valence-corrected chi connectivity index (χ4v) is 4.47. The molecular formula is C21H24N2O2. The molecule has 1 amide bonds. The Bertz CT molecular complexity index is 719. The van der Waals surface area contributed by atoms with Gasteiger partial charge >= 0.3 is 6.09 Å². The van der Waals surface area contributed by atoms with E-state index in [1.54, 1.807) is 0 Å². The van der Waals surface area contributed by atoms with Crippen molar-refractivity contribution < 1.29 is 9.53 Å². The lowest BCUT2D eigenvalue weighted by atomic mass is 9.93. The largest absolute Gasteiger partial charge is 0.445 e. The van der Waals surface area contributed by atoms with Gasteiger partial charge in [0.2, 0.25) is 0 Å².